The van der Waals surface area contributed by atoms with Gasteiger partial charge in [0.25, 0.3) is 0 Å². The van der Waals surface area contributed by atoms with Crippen LogP contribution in [0.25, 0.3) is 0 Å². The van der Waals surface area contributed by atoms with E-state index in [1.807, 2.05) is 22.7 Å². The molecule has 1 aliphatic rings. The lowest BCUT2D eigenvalue weighted by molar-refractivity contribution is 0.173. The van der Waals surface area contributed by atoms with E-state index < -0.39 is 0 Å². The highest BCUT2D eigenvalue weighted by Gasteiger charge is 2.29. The summed E-state index contributed by atoms with van der Waals surface area (Å²) in [6.07, 6.45) is 5.36. The summed E-state index contributed by atoms with van der Waals surface area (Å²) in [5, 5.41) is 9.16. The van der Waals surface area contributed by atoms with Crippen LogP contribution in [0.5, 0.6) is 0 Å². The van der Waals surface area contributed by atoms with E-state index in [1.165, 1.54) is 56.4 Å². The predicted octanol–water partition coefficient (Wildman–Crippen LogP) is 5.45. The molecule has 0 aromatic carbocycles. The smallest absolute Gasteiger partial charge is 0.0135 e. The Morgan fingerprint density at radius 2 is 1.71 bits per heavy atom. The van der Waals surface area contributed by atoms with Gasteiger partial charge in [0.05, 0.1) is 0 Å². The zero-order valence-electron chi connectivity index (χ0n) is 12.8. The van der Waals surface area contributed by atoms with E-state index in [0.717, 1.165) is 5.92 Å². The summed E-state index contributed by atoms with van der Waals surface area (Å²) in [5.41, 5.74) is 3.07. The molecule has 114 valence electrons. The Morgan fingerprint density at radius 3 is 2.19 bits per heavy atom. The average Bonchev–Trinajstić information content (AvgIpc) is 3.21. The molecule has 2 aromatic heterocycles. The van der Waals surface area contributed by atoms with Crippen LogP contribution in [-0.2, 0) is 0 Å². The van der Waals surface area contributed by atoms with Gasteiger partial charge >= 0.3 is 0 Å². The predicted molar refractivity (Wildman–Crippen MR) is 94.6 cm³/mol. The van der Waals surface area contributed by atoms with Gasteiger partial charge in [-0.25, -0.2) is 0 Å². The third kappa shape index (κ3) is 3.77. The molecule has 3 heteroatoms. The van der Waals surface area contributed by atoms with Crippen LogP contribution in [0.3, 0.4) is 0 Å². The Balaban J connectivity index is 1.68. The van der Waals surface area contributed by atoms with Crippen molar-refractivity contribution in [3.8, 4) is 0 Å². The topological polar surface area (TPSA) is 3.24 Å². The second kappa shape index (κ2) is 7.57. The van der Waals surface area contributed by atoms with Crippen LogP contribution >= 0.6 is 22.7 Å². The number of likely N-dealkylation sites (tertiary alicyclic amines) is 1. The van der Waals surface area contributed by atoms with E-state index in [2.05, 4.69) is 45.5 Å². The first kappa shape index (κ1) is 15.3. The second-order valence-electron chi connectivity index (χ2n) is 6.12. The van der Waals surface area contributed by atoms with Crippen molar-refractivity contribution >= 4 is 22.7 Å². The Bertz CT molecular complexity index is 461. The lowest BCUT2D eigenvalue weighted by Gasteiger charge is -2.36. The van der Waals surface area contributed by atoms with Crippen molar-refractivity contribution in [3.63, 3.8) is 0 Å². The summed E-state index contributed by atoms with van der Waals surface area (Å²) in [6.45, 7) is 6.16. The zero-order valence-corrected chi connectivity index (χ0v) is 14.5. The number of nitrogens with zero attached hydrogens (tertiary/aromatic N) is 1. The van der Waals surface area contributed by atoms with Crippen LogP contribution in [-0.4, -0.2) is 24.5 Å². The molecule has 3 heterocycles. The molecular formula is C18H25NS2. The first-order valence-corrected chi connectivity index (χ1v) is 10.0. The highest BCUT2D eigenvalue weighted by Crippen LogP contribution is 2.39. The monoisotopic (exact) mass is 319 g/mol. The molecule has 1 fully saturated rings. The van der Waals surface area contributed by atoms with E-state index in [-0.39, 0.29) is 0 Å². The van der Waals surface area contributed by atoms with Crippen molar-refractivity contribution in [2.75, 3.05) is 19.6 Å². The van der Waals surface area contributed by atoms with Gasteiger partial charge in [-0.05, 0) is 89.6 Å². The van der Waals surface area contributed by atoms with E-state index in [9.17, 15) is 0 Å². The lowest BCUT2D eigenvalue weighted by atomic mass is 9.78. The Morgan fingerprint density at radius 1 is 1.10 bits per heavy atom. The number of unbranched alkanes of at least 4 members (excludes halogenated alkanes) is 1. The minimum atomic E-state index is 0.621. The molecule has 0 unspecified atom stereocenters. The maximum Gasteiger partial charge on any atom is 0.0135 e. The molecule has 3 rings (SSSR count). The molecule has 21 heavy (non-hydrogen) atoms. The maximum absolute atomic E-state index is 2.66. The molecule has 0 amide bonds. The molecular weight excluding hydrogens is 294 g/mol. The van der Waals surface area contributed by atoms with Gasteiger partial charge < -0.3 is 4.90 Å². The van der Waals surface area contributed by atoms with Crippen molar-refractivity contribution in [1.82, 2.24) is 4.90 Å². The van der Waals surface area contributed by atoms with Crippen LogP contribution < -0.4 is 0 Å². The summed E-state index contributed by atoms with van der Waals surface area (Å²) in [6, 6.07) is 4.66. The average molecular weight is 320 g/mol. The molecule has 0 bridgehead atoms. The van der Waals surface area contributed by atoms with Crippen LogP contribution in [0.1, 0.15) is 49.7 Å². The molecule has 2 aromatic rings. The fraction of sp³-hybridized carbons (Fsp3) is 0.556. The normalized spacial score (nSPS) is 17.6. The van der Waals surface area contributed by atoms with Gasteiger partial charge in [0, 0.05) is 5.92 Å². The van der Waals surface area contributed by atoms with Gasteiger partial charge in [-0.1, -0.05) is 13.3 Å². The van der Waals surface area contributed by atoms with E-state index >= 15 is 0 Å². The molecule has 0 N–H and O–H groups in total. The van der Waals surface area contributed by atoms with E-state index in [4.69, 9.17) is 0 Å². The number of hydrogen-bond acceptors (Lipinski definition) is 3. The van der Waals surface area contributed by atoms with Gasteiger partial charge in [-0.2, -0.15) is 22.7 Å². The highest BCUT2D eigenvalue weighted by atomic mass is 32.1. The highest BCUT2D eigenvalue weighted by molar-refractivity contribution is 7.08. The molecule has 1 saturated heterocycles. The SMILES string of the molecule is CCCCN1CCC(C(c2ccsc2)c2ccsc2)CC1. The third-order valence-electron chi connectivity index (χ3n) is 4.74. The van der Waals surface area contributed by atoms with Gasteiger partial charge in [0.1, 0.15) is 0 Å². The molecule has 0 spiro atoms. The Labute approximate surface area is 136 Å². The molecule has 1 aliphatic heterocycles. The minimum absolute atomic E-state index is 0.621. The maximum atomic E-state index is 2.66. The molecule has 0 atom stereocenters. The summed E-state index contributed by atoms with van der Waals surface area (Å²) < 4.78 is 0. The Hall–Kier alpha value is -0.640. The van der Waals surface area contributed by atoms with E-state index in [1.54, 1.807) is 0 Å². The molecule has 0 aliphatic carbocycles. The summed E-state index contributed by atoms with van der Waals surface area (Å²) in [4.78, 5) is 2.66. The number of hydrogen-bond donors (Lipinski definition) is 0. The minimum Gasteiger partial charge on any atom is -0.303 e. The lowest BCUT2D eigenvalue weighted by Crippen LogP contribution is -2.36. The van der Waals surface area contributed by atoms with E-state index in [0.29, 0.717) is 5.92 Å². The van der Waals surface area contributed by atoms with Gasteiger partial charge in [0.15, 0.2) is 0 Å². The largest absolute Gasteiger partial charge is 0.303 e. The summed E-state index contributed by atoms with van der Waals surface area (Å²) in [5.74, 6) is 1.43. The number of piperidine rings is 1. The Kier molecular flexibility index (Phi) is 5.50. The fourth-order valence-corrected chi connectivity index (χ4v) is 4.93. The van der Waals surface area contributed by atoms with Crippen molar-refractivity contribution < 1.29 is 0 Å². The molecule has 0 saturated carbocycles. The van der Waals surface area contributed by atoms with Crippen LogP contribution in [0.4, 0.5) is 0 Å². The third-order valence-corrected chi connectivity index (χ3v) is 6.14. The van der Waals surface area contributed by atoms with Crippen LogP contribution in [0.15, 0.2) is 33.7 Å². The van der Waals surface area contributed by atoms with Crippen LogP contribution in [0, 0.1) is 5.92 Å². The van der Waals surface area contributed by atoms with Crippen molar-refractivity contribution in [2.45, 2.75) is 38.5 Å². The summed E-state index contributed by atoms with van der Waals surface area (Å²) >= 11 is 3.67. The first-order valence-electron chi connectivity index (χ1n) is 8.15. The zero-order chi connectivity index (χ0) is 14.5. The van der Waals surface area contributed by atoms with Gasteiger partial charge in [-0.15, -0.1) is 0 Å². The second-order valence-corrected chi connectivity index (χ2v) is 7.68. The number of thiophene rings is 2. The molecule has 1 nitrogen and oxygen atoms in total. The standard InChI is InChI=1S/C18H25NS2/c1-2-3-8-19-9-4-15(5-10-19)18(16-6-11-20-13-16)17-7-12-21-14-17/h6-7,11-15,18H,2-5,8-10H2,1H3. The number of rotatable bonds is 6. The fourth-order valence-electron chi connectivity index (χ4n) is 3.53. The summed E-state index contributed by atoms with van der Waals surface area (Å²) in [7, 11) is 0. The molecule has 0 radical (unpaired) electrons. The van der Waals surface area contributed by atoms with Crippen molar-refractivity contribution in [3.05, 3.63) is 44.8 Å². The van der Waals surface area contributed by atoms with Gasteiger partial charge in [-0.3, -0.25) is 0 Å². The quantitative estimate of drug-likeness (QED) is 0.684. The van der Waals surface area contributed by atoms with Crippen molar-refractivity contribution in [2.24, 2.45) is 5.92 Å². The first-order chi connectivity index (χ1) is 10.4. The van der Waals surface area contributed by atoms with Crippen LogP contribution in [0.2, 0.25) is 0 Å². The van der Waals surface area contributed by atoms with Crippen molar-refractivity contribution in [1.29, 1.82) is 0 Å². The van der Waals surface area contributed by atoms with Gasteiger partial charge in [0.2, 0.25) is 0 Å².